The zero-order valence-electron chi connectivity index (χ0n) is 16.5. The summed E-state index contributed by atoms with van der Waals surface area (Å²) < 4.78 is 13.6. The van der Waals surface area contributed by atoms with Gasteiger partial charge < -0.3 is 10.2 Å². The third kappa shape index (κ3) is 5.02. The first-order valence-corrected chi connectivity index (χ1v) is 10.4. The van der Waals surface area contributed by atoms with Gasteiger partial charge in [-0.25, -0.2) is 4.39 Å². The van der Waals surface area contributed by atoms with Crippen LogP contribution < -0.4 is 5.32 Å². The quantitative estimate of drug-likeness (QED) is 0.751. The van der Waals surface area contributed by atoms with Crippen LogP contribution in [0.15, 0.2) is 30.3 Å². The molecular formula is C22H27FN4O2. The Morgan fingerprint density at radius 2 is 2.07 bits per heavy atom. The molecule has 29 heavy (non-hydrogen) atoms. The molecule has 1 atom stereocenters. The lowest BCUT2D eigenvalue weighted by Crippen LogP contribution is -2.40. The molecule has 154 valence electrons. The van der Waals surface area contributed by atoms with Gasteiger partial charge in [0, 0.05) is 43.2 Å². The number of aromatic amines is 1. The molecule has 7 heteroatoms. The zero-order valence-corrected chi connectivity index (χ0v) is 16.5. The molecular weight excluding hydrogens is 371 g/mol. The first-order valence-electron chi connectivity index (χ1n) is 10.4. The number of piperidine rings is 1. The number of nitrogens with one attached hydrogen (secondary N) is 2. The van der Waals surface area contributed by atoms with Crippen molar-refractivity contribution in [3.05, 3.63) is 53.1 Å². The summed E-state index contributed by atoms with van der Waals surface area (Å²) >= 11 is 0. The predicted octanol–water partition coefficient (Wildman–Crippen LogP) is 3.38. The van der Waals surface area contributed by atoms with Crippen molar-refractivity contribution in [2.75, 3.05) is 13.1 Å². The Labute approximate surface area is 169 Å². The van der Waals surface area contributed by atoms with Crippen LogP contribution in [0.3, 0.4) is 0 Å². The summed E-state index contributed by atoms with van der Waals surface area (Å²) in [5.74, 6) is 0.423. The minimum Gasteiger partial charge on any atom is -0.352 e. The van der Waals surface area contributed by atoms with E-state index in [1.54, 1.807) is 18.2 Å². The van der Waals surface area contributed by atoms with Crippen molar-refractivity contribution >= 4 is 11.8 Å². The molecule has 1 aromatic carbocycles. The molecule has 2 heterocycles. The van der Waals surface area contributed by atoms with Gasteiger partial charge in [0.1, 0.15) is 11.5 Å². The van der Waals surface area contributed by atoms with Crippen LogP contribution in [0.1, 0.15) is 66.2 Å². The van der Waals surface area contributed by atoms with E-state index in [4.69, 9.17) is 0 Å². The fraction of sp³-hybridized carbons (Fsp3) is 0.500. The van der Waals surface area contributed by atoms with E-state index in [2.05, 4.69) is 15.5 Å². The molecule has 0 bridgehead atoms. The molecule has 2 aliphatic rings. The zero-order chi connectivity index (χ0) is 20.2. The molecule has 1 saturated heterocycles. The van der Waals surface area contributed by atoms with Gasteiger partial charge in [0.25, 0.3) is 5.91 Å². The van der Waals surface area contributed by atoms with E-state index >= 15 is 0 Å². The first-order chi connectivity index (χ1) is 14.1. The Hall–Kier alpha value is -2.70. The van der Waals surface area contributed by atoms with E-state index in [0.29, 0.717) is 36.1 Å². The normalized spacial score (nSPS) is 19.2. The summed E-state index contributed by atoms with van der Waals surface area (Å²) in [5, 5.41) is 9.98. The molecule has 2 aromatic rings. The number of benzene rings is 1. The highest BCUT2D eigenvalue weighted by Gasteiger charge is 2.29. The molecule has 2 amide bonds. The number of H-pyrrole nitrogens is 1. The Bertz CT molecular complexity index is 877. The molecule has 1 saturated carbocycles. The molecule has 1 aliphatic heterocycles. The second-order valence-corrected chi connectivity index (χ2v) is 8.15. The van der Waals surface area contributed by atoms with Crippen molar-refractivity contribution in [3.63, 3.8) is 0 Å². The Morgan fingerprint density at radius 1 is 1.24 bits per heavy atom. The van der Waals surface area contributed by atoms with Gasteiger partial charge in [-0.2, -0.15) is 5.10 Å². The van der Waals surface area contributed by atoms with Gasteiger partial charge in [-0.3, -0.25) is 14.7 Å². The van der Waals surface area contributed by atoms with Crippen LogP contribution >= 0.6 is 0 Å². The molecule has 1 aliphatic carbocycles. The van der Waals surface area contributed by atoms with Crippen LogP contribution in [-0.4, -0.2) is 40.0 Å². The number of halogens is 1. The van der Waals surface area contributed by atoms with Gasteiger partial charge in [0.2, 0.25) is 5.91 Å². The Morgan fingerprint density at radius 3 is 2.86 bits per heavy atom. The Balaban J connectivity index is 1.23. The fourth-order valence-corrected chi connectivity index (χ4v) is 3.96. The number of carbonyl (C=O) groups excluding carboxylic acids is 2. The molecule has 0 radical (unpaired) electrons. The topological polar surface area (TPSA) is 78.1 Å². The van der Waals surface area contributed by atoms with Crippen LogP contribution in [0.2, 0.25) is 0 Å². The van der Waals surface area contributed by atoms with Gasteiger partial charge >= 0.3 is 0 Å². The maximum absolute atomic E-state index is 13.6. The molecule has 2 N–H and O–H groups in total. The summed E-state index contributed by atoms with van der Waals surface area (Å²) in [6, 6.07) is 8.34. The van der Waals surface area contributed by atoms with Gasteiger partial charge in [-0.1, -0.05) is 18.2 Å². The van der Waals surface area contributed by atoms with Gasteiger partial charge in [-0.05, 0) is 50.2 Å². The minimum atomic E-state index is -0.308. The van der Waals surface area contributed by atoms with Crippen molar-refractivity contribution in [1.29, 1.82) is 0 Å². The van der Waals surface area contributed by atoms with Crippen LogP contribution in [-0.2, 0) is 11.3 Å². The molecule has 1 aromatic heterocycles. The highest BCUT2D eigenvalue weighted by Crippen LogP contribution is 2.39. The van der Waals surface area contributed by atoms with E-state index in [-0.39, 0.29) is 24.2 Å². The smallest absolute Gasteiger partial charge is 0.274 e. The molecule has 4 rings (SSSR count). The van der Waals surface area contributed by atoms with Crippen molar-refractivity contribution in [3.8, 4) is 0 Å². The standard InChI is InChI=1S/C22H27FN4O2/c23-18-6-2-1-5-17(18)13-24-21(28)10-7-15-4-3-11-27(14-15)22(29)20-12-19(25-26-20)16-8-9-16/h1-2,5-6,12,15-16H,3-4,7-11,13-14H2,(H,24,28)(H,25,26)/t15-/m0/s1. The number of hydrogen-bond donors (Lipinski definition) is 2. The monoisotopic (exact) mass is 398 g/mol. The van der Waals surface area contributed by atoms with E-state index in [0.717, 1.165) is 31.5 Å². The summed E-state index contributed by atoms with van der Waals surface area (Å²) in [5.41, 5.74) is 2.04. The van der Waals surface area contributed by atoms with E-state index in [1.165, 1.54) is 18.9 Å². The van der Waals surface area contributed by atoms with E-state index < -0.39 is 0 Å². The predicted molar refractivity (Wildman–Crippen MR) is 107 cm³/mol. The second-order valence-electron chi connectivity index (χ2n) is 8.15. The average molecular weight is 398 g/mol. The van der Waals surface area contributed by atoms with Crippen LogP contribution in [0.5, 0.6) is 0 Å². The van der Waals surface area contributed by atoms with Gasteiger partial charge in [0.05, 0.1) is 0 Å². The van der Waals surface area contributed by atoms with Crippen LogP contribution in [0.4, 0.5) is 4.39 Å². The van der Waals surface area contributed by atoms with Crippen molar-refractivity contribution < 1.29 is 14.0 Å². The lowest BCUT2D eigenvalue weighted by molar-refractivity contribution is -0.121. The van der Waals surface area contributed by atoms with Crippen LogP contribution in [0, 0.1) is 11.7 Å². The second kappa shape index (κ2) is 8.76. The SMILES string of the molecule is O=C(CC[C@@H]1CCCN(C(=O)c2cc(C3CC3)[nH]n2)C1)NCc1ccccc1F. The lowest BCUT2D eigenvalue weighted by atomic mass is 9.93. The largest absolute Gasteiger partial charge is 0.352 e. The summed E-state index contributed by atoms with van der Waals surface area (Å²) in [6.07, 6.45) is 5.39. The van der Waals surface area contributed by atoms with E-state index in [9.17, 15) is 14.0 Å². The lowest BCUT2D eigenvalue weighted by Gasteiger charge is -2.32. The number of nitrogens with zero attached hydrogens (tertiary/aromatic N) is 2. The number of rotatable bonds is 7. The number of carbonyl (C=O) groups is 2. The highest BCUT2D eigenvalue weighted by molar-refractivity contribution is 5.92. The fourth-order valence-electron chi connectivity index (χ4n) is 3.96. The summed E-state index contributed by atoms with van der Waals surface area (Å²) in [6.45, 7) is 1.59. The third-order valence-corrected chi connectivity index (χ3v) is 5.85. The number of amides is 2. The number of aromatic nitrogens is 2. The molecule has 0 spiro atoms. The van der Waals surface area contributed by atoms with Crippen molar-refractivity contribution in [1.82, 2.24) is 20.4 Å². The highest BCUT2D eigenvalue weighted by atomic mass is 19.1. The molecule has 6 nitrogen and oxygen atoms in total. The maximum atomic E-state index is 13.6. The minimum absolute atomic E-state index is 0.0261. The van der Waals surface area contributed by atoms with E-state index in [1.807, 2.05) is 11.0 Å². The first kappa shape index (κ1) is 19.6. The molecule has 2 fully saturated rings. The Kier molecular flexibility index (Phi) is 5.92. The van der Waals surface area contributed by atoms with Crippen molar-refractivity contribution in [2.45, 2.75) is 51.0 Å². The van der Waals surface area contributed by atoms with Gasteiger partial charge in [0.15, 0.2) is 0 Å². The van der Waals surface area contributed by atoms with Crippen LogP contribution in [0.25, 0.3) is 0 Å². The summed E-state index contributed by atoms with van der Waals surface area (Å²) in [7, 11) is 0. The third-order valence-electron chi connectivity index (χ3n) is 5.85. The van der Waals surface area contributed by atoms with Gasteiger partial charge in [-0.15, -0.1) is 0 Å². The summed E-state index contributed by atoms with van der Waals surface area (Å²) in [4.78, 5) is 26.8. The number of likely N-dealkylation sites (tertiary alicyclic amines) is 1. The maximum Gasteiger partial charge on any atom is 0.274 e. The number of hydrogen-bond acceptors (Lipinski definition) is 3. The van der Waals surface area contributed by atoms with Crippen molar-refractivity contribution in [2.24, 2.45) is 5.92 Å². The average Bonchev–Trinajstić information content (AvgIpc) is 3.48. The molecule has 0 unspecified atom stereocenters.